The van der Waals surface area contributed by atoms with Gasteiger partial charge < -0.3 is 14.4 Å². The maximum Gasteiger partial charge on any atom is 0.332 e. The van der Waals surface area contributed by atoms with Crippen LogP contribution < -0.4 is 11.2 Å². The van der Waals surface area contributed by atoms with Crippen LogP contribution in [0.4, 0.5) is 0 Å². The molecule has 25 heavy (non-hydrogen) atoms. The number of aliphatic hydroxyl groups is 1. The molecule has 0 radical (unpaired) electrons. The van der Waals surface area contributed by atoms with Gasteiger partial charge in [-0.25, -0.2) is 4.79 Å². The second kappa shape index (κ2) is 6.85. The van der Waals surface area contributed by atoms with Crippen molar-refractivity contribution < 1.29 is 9.84 Å². The fourth-order valence-corrected chi connectivity index (χ4v) is 3.12. The minimum Gasteiger partial charge on any atom is -0.396 e. The molecule has 0 spiro atoms. The first-order chi connectivity index (χ1) is 12.0. The van der Waals surface area contributed by atoms with E-state index < -0.39 is 5.69 Å². The van der Waals surface area contributed by atoms with Crippen molar-refractivity contribution in [1.82, 2.24) is 23.1 Å². The van der Waals surface area contributed by atoms with Gasteiger partial charge in [-0.3, -0.25) is 18.3 Å². The van der Waals surface area contributed by atoms with Crippen LogP contribution in [0.15, 0.2) is 15.8 Å². The summed E-state index contributed by atoms with van der Waals surface area (Å²) in [6.45, 7) is 3.41. The Kier molecular flexibility index (Phi) is 4.78. The Hall–Kier alpha value is -2.39. The maximum atomic E-state index is 12.8. The zero-order chi connectivity index (χ0) is 18.1. The lowest BCUT2D eigenvalue weighted by molar-refractivity contribution is 0.190. The van der Waals surface area contributed by atoms with Crippen LogP contribution in [0.1, 0.15) is 18.5 Å². The minimum atomic E-state index is -0.422. The molecule has 0 aromatic carbocycles. The molecule has 0 unspecified atom stereocenters. The molecule has 0 fully saturated rings. The van der Waals surface area contributed by atoms with Gasteiger partial charge in [-0.1, -0.05) is 0 Å². The van der Waals surface area contributed by atoms with E-state index in [-0.39, 0.29) is 18.7 Å². The highest BCUT2D eigenvalue weighted by Gasteiger charge is 2.19. The molecule has 0 aliphatic rings. The summed E-state index contributed by atoms with van der Waals surface area (Å²) in [5, 5.41) is 9.01. The van der Waals surface area contributed by atoms with Gasteiger partial charge in [-0.05, 0) is 19.8 Å². The molecule has 0 saturated heterocycles. The Morgan fingerprint density at radius 2 is 1.92 bits per heavy atom. The summed E-state index contributed by atoms with van der Waals surface area (Å²) in [7, 11) is 3.26. The standard InChI is InChI=1S/C16H23N5O4/c1-11-10-21-12-13(17-15(21)19(11)7-5-9-25-3)18(2)16(24)20(14(12)23)6-4-8-22/h10,22H,4-9H2,1-3H3. The summed E-state index contributed by atoms with van der Waals surface area (Å²) < 4.78 is 11.4. The third-order valence-electron chi connectivity index (χ3n) is 4.41. The van der Waals surface area contributed by atoms with Crippen LogP contribution in [-0.2, 0) is 24.9 Å². The lowest BCUT2D eigenvalue weighted by Gasteiger charge is -2.07. The zero-order valence-electron chi connectivity index (χ0n) is 14.7. The van der Waals surface area contributed by atoms with Gasteiger partial charge in [0.15, 0.2) is 11.2 Å². The Labute approximate surface area is 143 Å². The van der Waals surface area contributed by atoms with Gasteiger partial charge in [0.25, 0.3) is 5.56 Å². The minimum absolute atomic E-state index is 0.0789. The van der Waals surface area contributed by atoms with Crippen LogP contribution in [0, 0.1) is 6.92 Å². The van der Waals surface area contributed by atoms with Gasteiger partial charge in [-0.2, -0.15) is 4.98 Å². The number of aromatic nitrogens is 5. The van der Waals surface area contributed by atoms with E-state index in [2.05, 4.69) is 4.98 Å². The van der Waals surface area contributed by atoms with Crippen LogP contribution in [0.25, 0.3) is 16.9 Å². The third kappa shape index (κ3) is 2.79. The Bertz CT molecular complexity index is 1020. The normalized spacial score (nSPS) is 11.8. The summed E-state index contributed by atoms with van der Waals surface area (Å²) in [6, 6.07) is 0. The van der Waals surface area contributed by atoms with E-state index in [1.165, 1.54) is 4.57 Å². The van der Waals surface area contributed by atoms with Crippen LogP contribution in [0.2, 0.25) is 0 Å². The molecule has 3 heterocycles. The molecular weight excluding hydrogens is 326 g/mol. The fraction of sp³-hybridized carbons (Fsp3) is 0.562. The van der Waals surface area contributed by atoms with E-state index in [1.54, 1.807) is 18.6 Å². The molecule has 0 aliphatic heterocycles. The summed E-state index contributed by atoms with van der Waals surface area (Å²) in [4.78, 5) is 29.8. The number of imidazole rings is 2. The second-order valence-corrected chi connectivity index (χ2v) is 6.10. The fourth-order valence-electron chi connectivity index (χ4n) is 3.12. The number of aliphatic hydroxyl groups excluding tert-OH is 1. The predicted molar refractivity (Wildman–Crippen MR) is 93.1 cm³/mol. The van der Waals surface area contributed by atoms with Crippen LogP contribution in [0.5, 0.6) is 0 Å². The van der Waals surface area contributed by atoms with Crippen molar-refractivity contribution in [2.45, 2.75) is 32.9 Å². The van der Waals surface area contributed by atoms with Gasteiger partial charge in [-0.15, -0.1) is 0 Å². The van der Waals surface area contributed by atoms with Crippen molar-refractivity contribution in [3.8, 4) is 0 Å². The van der Waals surface area contributed by atoms with Crippen LogP contribution in [-0.4, -0.2) is 48.5 Å². The highest BCUT2D eigenvalue weighted by atomic mass is 16.5. The topological polar surface area (TPSA) is 95.7 Å². The van der Waals surface area contributed by atoms with Crippen molar-refractivity contribution in [3.05, 3.63) is 32.7 Å². The summed E-state index contributed by atoms with van der Waals surface area (Å²) in [5.41, 5.74) is 0.924. The molecule has 3 rings (SSSR count). The number of methoxy groups -OCH3 is 1. The van der Waals surface area contributed by atoms with Gasteiger partial charge in [0.05, 0.1) is 0 Å². The molecule has 9 nitrogen and oxygen atoms in total. The molecular formula is C16H23N5O4. The number of hydrogen-bond acceptors (Lipinski definition) is 5. The molecule has 0 bridgehead atoms. The van der Waals surface area contributed by atoms with Gasteiger partial charge in [0.2, 0.25) is 5.78 Å². The highest BCUT2D eigenvalue weighted by Crippen LogP contribution is 2.16. The largest absolute Gasteiger partial charge is 0.396 e. The summed E-state index contributed by atoms with van der Waals surface area (Å²) in [5.74, 6) is 0.635. The van der Waals surface area contributed by atoms with E-state index in [1.807, 2.05) is 17.7 Å². The number of aryl methyl sites for hydroxylation is 3. The number of hydrogen-bond donors (Lipinski definition) is 1. The smallest absolute Gasteiger partial charge is 0.332 e. The van der Waals surface area contributed by atoms with Crippen molar-refractivity contribution >= 4 is 16.9 Å². The maximum absolute atomic E-state index is 12.8. The van der Waals surface area contributed by atoms with Crippen LogP contribution in [0.3, 0.4) is 0 Å². The van der Waals surface area contributed by atoms with Crippen molar-refractivity contribution in [3.63, 3.8) is 0 Å². The highest BCUT2D eigenvalue weighted by molar-refractivity contribution is 5.75. The van der Waals surface area contributed by atoms with Crippen LogP contribution >= 0.6 is 0 Å². The number of rotatable bonds is 7. The molecule has 3 aromatic rings. The lowest BCUT2D eigenvalue weighted by Crippen LogP contribution is -2.39. The Balaban J connectivity index is 2.25. The molecule has 0 aliphatic carbocycles. The van der Waals surface area contributed by atoms with E-state index >= 15 is 0 Å². The summed E-state index contributed by atoms with van der Waals surface area (Å²) in [6.07, 6.45) is 3.03. The first-order valence-corrected chi connectivity index (χ1v) is 8.28. The van der Waals surface area contributed by atoms with E-state index in [9.17, 15) is 9.59 Å². The molecule has 0 saturated carbocycles. The van der Waals surface area contributed by atoms with Gasteiger partial charge in [0.1, 0.15) is 0 Å². The number of ether oxygens (including phenoxy) is 1. The Morgan fingerprint density at radius 1 is 1.20 bits per heavy atom. The van der Waals surface area contributed by atoms with Crippen molar-refractivity contribution in [1.29, 1.82) is 0 Å². The van der Waals surface area contributed by atoms with Gasteiger partial charge >= 0.3 is 5.69 Å². The SMILES string of the molecule is COCCCn1c(C)cn2c3c(=O)n(CCCO)c(=O)n(C)c3nc12. The Morgan fingerprint density at radius 3 is 2.60 bits per heavy atom. The molecule has 3 aromatic heterocycles. The monoisotopic (exact) mass is 349 g/mol. The molecule has 1 N–H and O–H groups in total. The molecule has 136 valence electrons. The molecule has 0 amide bonds. The lowest BCUT2D eigenvalue weighted by atomic mass is 10.4. The predicted octanol–water partition coefficient (Wildman–Crippen LogP) is -0.123. The van der Waals surface area contributed by atoms with Crippen molar-refractivity contribution in [2.75, 3.05) is 20.3 Å². The first-order valence-electron chi connectivity index (χ1n) is 8.28. The first kappa shape index (κ1) is 17.4. The van der Waals surface area contributed by atoms with Gasteiger partial charge in [0, 0.05) is 52.4 Å². The molecule has 0 atom stereocenters. The average molecular weight is 349 g/mol. The van der Waals surface area contributed by atoms with E-state index in [4.69, 9.17) is 9.84 Å². The van der Waals surface area contributed by atoms with Crippen molar-refractivity contribution in [2.24, 2.45) is 7.05 Å². The molecule has 9 heteroatoms. The summed E-state index contributed by atoms with van der Waals surface area (Å²) >= 11 is 0. The number of fused-ring (bicyclic) bond motifs is 3. The third-order valence-corrected chi connectivity index (χ3v) is 4.41. The number of nitrogens with zero attached hydrogens (tertiary/aromatic N) is 5. The quantitative estimate of drug-likeness (QED) is 0.600. The van der Waals surface area contributed by atoms with E-state index in [0.717, 1.165) is 16.7 Å². The second-order valence-electron chi connectivity index (χ2n) is 6.10. The zero-order valence-corrected chi connectivity index (χ0v) is 14.7. The average Bonchev–Trinajstić information content (AvgIpc) is 3.09. The van der Waals surface area contributed by atoms with E-state index in [0.29, 0.717) is 36.5 Å².